The summed E-state index contributed by atoms with van der Waals surface area (Å²) in [6.45, 7) is 2.54. The minimum Gasteiger partial charge on any atom is -0.440 e. The van der Waals surface area contributed by atoms with Crippen molar-refractivity contribution >= 4 is 37.4 Å². The van der Waals surface area contributed by atoms with E-state index in [0.717, 1.165) is 26.5 Å². The van der Waals surface area contributed by atoms with Gasteiger partial charge in [-0.25, -0.2) is 8.42 Å². The largest absolute Gasteiger partial charge is 0.440 e. The van der Waals surface area contributed by atoms with Gasteiger partial charge in [-0.05, 0) is 35.7 Å². The van der Waals surface area contributed by atoms with Crippen LogP contribution in [-0.2, 0) is 20.2 Å². The number of fused-ring (bicyclic) bond motifs is 2. The van der Waals surface area contributed by atoms with Crippen molar-refractivity contribution in [3.8, 4) is 11.3 Å². The molecule has 0 amide bonds. The quantitative estimate of drug-likeness (QED) is 0.412. The van der Waals surface area contributed by atoms with Crippen molar-refractivity contribution in [3.63, 3.8) is 0 Å². The molecule has 0 spiro atoms. The molecule has 0 saturated carbocycles. The van der Waals surface area contributed by atoms with E-state index >= 15 is 0 Å². The SMILES string of the molecule is O=c1cc(-c2cccc3c2Sc2ccc(S(=O)(=O)Cl)cc2C3)oc(N2CCOCC2)c1. The number of rotatable bonds is 3. The topological polar surface area (TPSA) is 76.8 Å². The third-order valence-electron chi connectivity index (χ3n) is 5.34. The third kappa shape index (κ3) is 4.13. The third-order valence-corrected chi connectivity index (χ3v) is 8.00. The first-order valence-corrected chi connectivity index (χ1v) is 12.9. The lowest BCUT2D eigenvalue weighted by atomic mass is 10.0. The van der Waals surface area contributed by atoms with Crippen molar-refractivity contribution < 1.29 is 17.6 Å². The summed E-state index contributed by atoms with van der Waals surface area (Å²) in [6, 6.07) is 13.8. The highest BCUT2D eigenvalue weighted by Gasteiger charge is 2.23. The van der Waals surface area contributed by atoms with E-state index in [9.17, 15) is 13.2 Å². The molecular weight excluding hydrogens is 458 g/mol. The number of ether oxygens (including phenoxy) is 1. The Balaban J connectivity index is 1.55. The van der Waals surface area contributed by atoms with Gasteiger partial charge in [0, 0.05) is 51.3 Å². The van der Waals surface area contributed by atoms with Crippen LogP contribution in [0.25, 0.3) is 11.3 Å². The van der Waals surface area contributed by atoms with Crippen molar-refractivity contribution in [3.05, 3.63) is 69.9 Å². The number of morpholine rings is 1. The van der Waals surface area contributed by atoms with Gasteiger partial charge in [-0.3, -0.25) is 4.79 Å². The highest BCUT2D eigenvalue weighted by molar-refractivity contribution is 8.13. The molecule has 0 atom stereocenters. The molecule has 31 heavy (non-hydrogen) atoms. The van der Waals surface area contributed by atoms with Crippen molar-refractivity contribution in [1.82, 2.24) is 0 Å². The molecule has 0 radical (unpaired) electrons. The molecule has 0 unspecified atom stereocenters. The maximum atomic E-state index is 12.4. The summed E-state index contributed by atoms with van der Waals surface area (Å²) in [5, 5.41) is 0. The average Bonchev–Trinajstić information content (AvgIpc) is 2.76. The minimum absolute atomic E-state index is 0.0948. The van der Waals surface area contributed by atoms with Crippen LogP contribution >= 0.6 is 22.4 Å². The number of nitrogens with zero attached hydrogens (tertiary/aromatic N) is 1. The van der Waals surface area contributed by atoms with Crippen LogP contribution in [-0.4, -0.2) is 34.7 Å². The molecule has 0 N–H and O–H groups in total. The summed E-state index contributed by atoms with van der Waals surface area (Å²) in [6.07, 6.45) is 0.569. The van der Waals surface area contributed by atoms with Gasteiger partial charge in [0.25, 0.3) is 9.05 Å². The number of anilines is 1. The van der Waals surface area contributed by atoms with Crippen LogP contribution in [0.5, 0.6) is 0 Å². The van der Waals surface area contributed by atoms with E-state index in [-0.39, 0.29) is 10.3 Å². The fourth-order valence-corrected chi connectivity index (χ4v) is 5.81. The monoisotopic (exact) mass is 475 g/mol. The predicted molar refractivity (Wildman–Crippen MR) is 120 cm³/mol. The Hall–Kier alpha value is -2.26. The summed E-state index contributed by atoms with van der Waals surface area (Å²) in [5.41, 5.74) is 2.67. The predicted octanol–water partition coefficient (Wildman–Crippen LogP) is 4.13. The minimum atomic E-state index is -3.79. The highest BCUT2D eigenvalue weighted by atomic mass is 35.7. The number of hydrogen-bond donors (Lipinski definition) is 0. The Kier molecular flexibility index (Phi) is 5.34. The highest BCUT2D eigenvalue weighted by Crippen LogP contribution is 2.45. The van der Waals surface area contributed by atoms with Crippen LogP contribution in [0.3, 0.4) is 0 Å². The summed E-state index contributed by atoms with van der Waals surface area (Å²) < 4.78 is 35.0. The normalized spacial score (nSPS) is 16.0. The lowest BCUT2D eigenvalue weighted by molar-refractivity contribution is 0.120. The molecule has 1 aromatic heterocycles. The summed E-state index contributed by atoms with van der Waals surface area (Å²) >= 11 is 1.54. The van der Waals surface area contributed by atoms with E-state index in [0.29, 0.717) is 44.4 Å². The van der Waals surface area contributed by atoms with E-state index in [1.165, 1.54) is 30.0 Å². The standard InChI is InChI=1S/C22H18ClNO5S2/c23-31(26,27)17-4-5-20-15(11-17)10-14-2-1-3-18(22(14)30-20)19-12-16(25)13-21(29-19)24-6-8-28-9-7-24/h1-5,11-13H,6-10H2. The van der Waals surface area contributed by atoms with E-state index in [1.54, 1.807) is 12.1 Å². The first kappa shape index (κ1) is 20.6. The number of hydrogen-bond acceptors (Lipinski definition) is 7. The maximum absolute atomic E-state index is 12.4. The molecule has 0 aliphatic carbocycles. The van der Waals surface area contributed by atoms with E-state index in [1.807, 2.05) is 23.1 Å². The van der Waals surface area contributed by atoms with Crippen LogP contribution in [0.1, 0.15) is 11.1 Å². The van der Waals surface area contributed by atoms with Gasteiger partial charge in [0.2, 0.25) is 0 Å². The molecule has 2 aliphatic rings. The smallest absolute Gasteiger partial charge is 0.261 e. The Bertz CT molecular complexity index is 1330. The number of halogens is 1. The lowest BCUT2D eigenvalue weighted by Crippen LogP contribution is -2.36. The second-order valence-corrected chi connectivity index (χ2v) is 11.0. The number of benzene rings is 2. The zero-order valence-electron chi connectivity index (χ0n) is 16.3. The van der Waals surface area contributed by atoms with Crippen molar-refractivity contribution in [1.29, 1.82) is 0 Å². The fourth-order valence-electron chi connectivity index (χ4n) is 3.84. The van der Waals surface area contributed by atoms with Crippen LogP contribution < -0.4 is 10.3 Å². The molecule has 9 heteroatoms. The molecule has 1 fully saturated rings. The summed E-state index contributed by atoms with van der Waals surface area (Å²) in [5.74, 6) is 1.06. The van der Waals surface area contributed by atoms with Gasteiger partial charge in [-0.2, -0.15) is 0 Å². The first-order chi connectivity index (χ1) is 14.9. The van der Waals surface area contributed by atoms with Crippen molar-refractivity contribution in [2.24, 2.45) is 0 Å². The van der Waals surface area contributed by atoms with Gasteiger partial charge >= 0.3 is 0 Å². The van der Waals surface area contributed by atoms with E-state index in [4.69, 9.17) is 19.8 Å². The first-order valence-electron chi connectivity index (χ1n) is 9.74. The zero-order valence-corrected chi connectivity index (χ0v) is 18.7. The molecule has 0 bridgehead atoms. The summed E-state index contributed by atoms with van der Waals surface area (Å²) in [4.78, 5) is 16.5. The maximum Gasteiger partial charge on any atom is 0.261 e. The van der Waals surface area contributed by atoms with Crippen LogP contribution in [0.2, 0.25) is 0 Å². The second-order valence-electron chi connectivity index (χ2n) is 7.38. The molecule has 1 saturated heterocycles. The second kappa shape index (κ2) is 8.02. The Morgan fingerprint density at radius 3 is 2.58 bits per heavy atom. The average molecular weight is 476 g/mol. The molecule has 2 aromatic carbocycles. The van der Waals surface area contributed by atoms with Gasteiger partial charge in [0.1, 0.15) is 5.76 Å². The van der Waals surface area contributed by atoms with Crippen molar-refractivity contribution in [2.45, 2.75) is 21.1 Å². The van der Waals surface area contributed by atoms with Crippen LogP contribution in [0, 0.1) is 0 Å². The molecule has 2 aliphatic heterocycles. The molecule has 3 aromatic rings. The Morgan fingerprint density at radius 1 is 1.00 bits per heavy atom. The molecular formula is C22H18ClNO5S2. The van der Waals surface area contributed by atoms with Gasteiger partial charge in [0.15, 0.2) is 11.3 Å². The molecule has 3 heterocycles. The van der Waals surface area contributed by atoms with Gasteiger partial charge in [0.05, 0.1) is 18.1 Å². The lowest BCUT2D eigenvalue weighted by Gasteiger charge is -2.27. The zero-order chi connectivity index (χ0) is 21.6. The van der Waals surface area contributed by atoms with Crippen LogP contribution in [0.4, 0.5) is 5.88 Å². The molecule has 6 nitrogen and oxygen atoms in total. The van der Waals surface area contributed by atoms with Crippen LogP contribution in [0.15, 0.2) is 72.4 Å². The van der Waals surface area contributed by atoms with E-state index in [2.05, 4.69) is 0 Å². The van der Waals surface area contributed by atoms with Gasteiger partial charge in [-0.15, -0.1) is 0 Å². The Labute approximate surface area is 188 Å². The molecule has 5 rings (SSSR count). The fraction of sp³-hybridized carbons (Fsp3) is 0.227. The van der Waals surface area contributed by atoms with Gasteiger partial charge in [-0.1, -0.05) is 30.0 Å². The molecule has 160 valence electrons. The van der Waals surface area contributed by atoms with Gasteiger partial charge < -0.3 is 14.1 Å². The van der Waals surface area contributed by atoms with Crippen molar-refractivity contribution in [2.75, 3.05) is 31.2 Å². The Morgan fingerprint density at radius 2 is 1.81 bits per heavy atom. The summed E-state index contributed by atoms with van der Waals surface area (Å²) in [7, 11) is 1.73. The van der Waals surface area contributed by atoms with E-state index < -0.39 is 9.05 Å².